The van der Waals surface area contributed by atoms with Gasteiger partial charge in [-0.1, -0.05) is 45.9 Å². The van der Waals surface area contributed by atoms with Crippen LogP contribution in [0.4, 0.5) is 4.39 Å². The fraction of sp³-hybridized carbons (Fsp3) is 0.125. The number of thioether (sulfide) groups is 1. The molecule has 0 aliphatic rings. The standard InChI is InChI=1S/C16H13BrFN3OS/c17-11-4-3-5-12(10-11)22-8-9-23-16-19-15(20-21-16)13-6-1-2-7-14(13)18/h1-7,10H,8-9H2,(H,19,20,21). The molecule has 0 amide bonds. The number of ether oxygens (including phenoxy) is 1. The summed E-state index contributed by atoms with van der Waals surface area (Å²) in [5.41, 5.74) is 0.414. The summed E-state index contributed by atoms with van der Waals surface area (Å²) in [6.45, 7) is 0.532. The van der Waals surface area contributed by atoms with E-state index in [1.807, 2.05) is 24.3 Å². The summed E-state index contributed by atoms with van der Waals surface area (Å²) in [5.74, 6) is 1.61. The van der Waals surface area contributed by atoms with Gasteiger partial charge < -0.3 is 4.74 Å². The van der Waals surface area contributed by atoms with Crippen molar-refractivity contribution in [3.8, 4) is 17.1 Å². The molecule has 1 N–H and O–H groups in total. The quantitative estimate of drug-likeness (QED) is 0.493. The van der Waals surface area contributed by atoms with Gasteiger partial charge in [0.2, 0.25) is 5.16 Å². The van der Waals surface area contributed by atoms with E-state index in [1.165, 1.54) is 17.8 Å². The van der Waals surface area contributed by atoms with Crippen LogP contribution in [0.25, 0.3) is 11.4 Å². The van der Waals surface area contributed by atoms with Crippen LogP contribution in [-0.4, -0.2) is 27.5 Å². The Hall–Kier alpha value is -1.86. The second-order valence-electron chi connectivity index (χ2n) is 4.60. The summed E-state index contributed by atoms with van der Waals surface area (Å²) >= 11 is 4.85. The average Bonchev–Trinajstić information content (AvgIpc) is 3.01. The number of aromatic nitrogens is 3. The number of benzene rings is 2. The first-order valence-corrected chi connectivity index (χ1v) is 8.69. The molecule has 7 heteroatoms. The smallest absolute Gasteiger partial charge is 0.208 e. The summed E-state index contributed by atoms with van der Waals surface area (Å²) in [6, 6.07) is 14.1. The molecular formula is C16H13BrFN3OS. The highest BCUT2D eigenvalue weighted by atomic mass is 79.9. The molecule has 1 aromatic heterocycles. The summed E-state index contributed by atoms with van der Waals surface area (Å²) < 4.78 is 20.3. The molecule has 0 saturated heterocycles. The summed E-state index contributed by atoms with van der Waals surface area (Å²) in [7, 11) is 0. The molecule has 0 aliphatic carbocycles. The number of rotatable bonds is 6. The van der Waals surface area contributed by atoms with E-state index in [-0.39, 0.29) is 5.82 Å². The van der Waals surface area contributed by atoms with Gasteiger partial charge in [-0.05, 0) is 30.3 Å². The SMILES string of the molecule is Fc1ccccc1-c1nc(SCCOc2cccc(Br)c2)n[nH]1. The van der Waals surface area contributed by atoms with Gasteiger partial charge in [-0.3, -0.25) is 5.10 Å². The number of hydrogen-bond acceptors (Lipinski definition) is 4. The molecule has 0 aliphatic heterocycles. The molecule has 0 unspecified atom stereocenters. The van der Waals surface area contributed by atoms with Gasteiger partial charge in [0, 0.05) is 10.2 Å². The third kappa shape index (κ3) is 4.33. The lowest BCUT2D eigenvalue weighted by Gasteiger charge is -2.04. The fourth-order valence-electron chi connectivity index (χ4n) is 1.93. The van der Waals surface area contributed by atoms with Gasteiger partial charge in [-0.2, -0.15) is 0 Å². The molecule has 0 spiro atoms. The molecule has 23 heavy (non-hydrogen) atoms. The second kappa shape index (κ2) is 7.61. The molecule has 0 saturated carbocycles. The van der Waals surface area contributed by atoms with Gasteiger partial charge in [0.05, 0.1) is 12.2 Å². The van der Waals surface area contributed by atoms with E-state index in [0.717, 1.165) is 10.2 Å². The maximum absolute atomic E-state index is 13.7. The summed E-state index contributed by atoms with van der Waals surface area (Å²) in [6.07, 6.45) is 0. The highest BCUT2D eigenvalue weighted by Gasteiger charge is 2.09. The van der Waals surface area contributed by atoms with Gasteiger partial charge in [0.1, 0.15) is 11.6 Å². The maximum atomic E-state index is 13.7. The van der Waals surface area contributed by atoms with Crippen LogP contribution in [0.15, 0.2) is 58.2 Å². The average molecular weight is 394 g/mol. The van der Waals surface area contributed by atoms with Crippen LogP contribution >= 0.6 is 27.7 Å². The first kappa shape index (κ1) is 16.0. The highest BCUT2D eigenvalue weighted by Crippen LogP contribution is 2.22. The Bertz CT molecular complexity index is 796. The number of H-pyrrole nitrogens is 1. The molecular weight excluding hydrogens is 381 g/mol. The zero-order valence-electron chi connectivity index (χ0n) is 12.0. The Kier molecular flexibility index (Phi) is 5.30. The third-order valence-corrected chi connectivity index (χ3v) is 4.28. The molecule has 0 radical (unpaired) electrons. The lowest BCUT2D eigenvalue weighted by atomic mass is 10.2. The lowest BCUT2D eigenvalue weighted by Crippen LogP contribution is -2.00. The van der Waals surface area contributed by atoms with Crippen molar-refractivity contribution < 1.29 is 9.13 Å². The van der Waals surface area contributed by atoms with E-state index in [2.05, 4.69) is 31.1 Å². The van der Waals surface area contributed by atoms with Crippen molar-refractivity contribution in [3.63, 3.8) is 0 Å². The predicted octanol–water partition coefficient (Wildman–Crippen LogP) is 4.54. The van der Waals surface area contributed by atoms with Crippen LogP contribution in [0.5, 0.6) is 5.75 Å². The Morgan fingerprint density at radius 3 is 2.87 bits per heavy atom. The number of nitrogens with zero attached hydrogens (tertiary/aromatic N) is 2. The van der Waals surface area contributed by atoms with E-state index in [4.69, 9.17) is 4.74 Å². The van der Waals surface area contributed by atoms with Crippen molar-refractivity contribution in [1.82, 2.24) is 15.2 Å². The zero-order chi connectivity index (χ0) is 16.1. The van der Waals surface area contributed by atoms with Gasteiger partial charge in [0.15, 0.2) is 5.82 Å². The minimum Gasteiger partial charge on any atom is -0.493 e. The van der Waals surface area contributed by atoms with Gasteiger partial charge in [-0.25, -0.2) is 9.37 Å². The number of hydrogen-bond donors (Lipinski definition) is 1. The van der Waals surface area contributed by atoms with Gasteiger partial charge in [0.25, 0.3) is 0 Å². The first-order valence-electron chi connectivity index (χ1n) is 6.91. The van der Waals surface area contributed by atoms with E-state index in [1.54, 1.807) is 18.2 Å². The first-order chi connectivity index (χ1) is 11.2. The highest BCUT2D eigenvalue weighted by molar-refractivity contribution is 9.10. The topological polar surface area (TPSA) is 50.8 Å². The van der Waals surface area contributed by atoms with E-state index in [9.17, 15) is 4.39 Å². The molecule has 0 atom stereocenters. The molecule has 4 nitrogen and oxygen atoms in total. The van der Waals surface area contributed by atoms with Crippen molar-refractivity contribution in [2.24, 2.45) is 0 Å². The Balaban J connectivity index is 1.53. The molecule has 3 aromatic rings. The minimum absolute atomic E-state index is 0.321. The van der Waals surface area contributed by atoms with E-state index < -0.39 is 0 Å². The van der Waals surface area contributed by atoms with Gasteiger partial charge in [-0.15, -0.1) is 5.10 Å². The second-order valence-corrected chi connectivity index (χ2v) is 6.58. The van der Waals surface area contributed by atoms with Crippen molar-refractivity contribution in [2.45, 2.75) is 5.16 Å². The molecule has 2 aromatic carbocycles. The van der Waals surface area contributed by atoms with Crippen molar-refractivity contribution in [1.29, 1.82) is 0 Å². The predicted molar refractivity (Wildman–Crippen MR) is 92.1 cm³/mol. The van der Waals surface area contributed by atoms with Gasteiger partial charge >= 0.3 is 0 Å². The fourth-order valence-corrected chi connectivity index (χ4v) is 2.93. The minimum atomic E-state index is -0.321. The van der Waals surface area contributed by atoms with E-state index in [0.29, 0.717) is 28.9 Å². The molecule has 3 rings (SSSR count). The van der Waals surface area contributed by atoms with Crippen LogP contribution in [0.1, 0.15) is 0 Å². The van der Waals surface area contributed by atoms with Crippen molar-refractivity contribution >= 4 is 27.7 Å². The number of aromatic amines is 1. The Morgan fingerprint density at radius 2 is 2.04 bits per heavy atom. The Labute approximate surface area is 145 Å². The van der Waals surface area contributed by atoms with Crippen molar-refractivity contribution in [2.75, 3.05) is 12.4 Å². The number of nitrogens with one attached hydrogen (secondary N) is 1. The largest absolute Gasteiger partial charge is 0.493 e. The number of halogens is 2. The lowest BCUT2D eigenvalue weighted by molar-refractivity contribution is 0.343. The molecule has 0 fully saturated rings. The van der Waals surface area contributed by atoms with Crippen LogP contribution in [0.2, 0.25) is 0 Å². The monoisotopic (exact) mass is 393 g/mol. The molecule has 1 heterocycles. The summed E-state index contributed by atoms with van der Waals surface area (Å²) in [4.78, 5) is 4.29. The third-order valence-electron chi connectivity index (χ3n) is 2.97. The van der Waals surface area contributed by atoms with Crippen molar-refractivity contribution in [3.05, 3.63) is 58.8 Å². The van der Waals surface area contributed by atoms with Crippen LogP contribution < -0.4 is 4.74 Å². The van der Waals surface area contributed by atoms with Crippen LogP contribution in [0.3, 0.4) is 0 Å². The Morgan fingerprint density at radius 1 is 1.17 bits per heavy atom. The molecule has 118 valence electrons. The zero-order valence-corrected chi connectivity index (χ0v) is 14.4. The van der Waals surface area contributed by atoms with Crippen LogP contribution in [0, 0.1) is 5.82 Å². The van der Waals surface area contributed by atoms with E-state index >= 15 is 0 Å². The van der Waals surface area contributed by atoms with Crippen LogP contribution in [-0.2, 0) is 0 Å². The molecule has 0 bridgehead atoms. The summed E-state index contributed by atoms with van der Waals surface area (Å²) in [5, 5.41) is 7.42. The maximum Gasteiger partial charge on any atom is 0.208 e. The normalized spacial score (nSPS) is 10.7.